The van der Waals surface area contributed by atoms with Gasteiger partial charge in [0, 0.05) is 31.6 Å². The molecule has 1 aromatic heterocycles. The average molecular weight is 298 g/mol. The van der Waals surface area contributed by atoms with Crippen LogP contribution in [0.25, 0.3) is 10.9 Å². The second kappa shape index (κ2) is 6.63. The lowest BCUT2D eigenvalue weighted by molar-refractivity contribution is 0.256. The summed E-state index contributed by atoms with van der Waals surface area (Å²) in [5.74, 6) is 1.12. The molecule has 2 heterocycles. The Kier molecular flexibility index (Phi) is 4.60. The normalized spacial score (nSPS) is 16.4. The highest BCUT2D eigenvalue weighted by atomic mass is 15.3. The van der Waals surface area contributed by atoms with Crippen molar-refractivity contribution in [3.05, 3.63) is 35.4 Å². The molecule has 0 bridgehead atoms. The molecule has 0 unspecified atom stereocenters. The van der Waals surface area contributed by atoms with E-state index >= 15 is 0 Å². The third kappa shape index (κ3) is 3.23. The lowest BCUT2D eigenvalue weighted by atomic mass is 10.1. The molecule has 4 nitrogen and oxygen atoms in total. The number of hydrogen-bond donors (Lipinski definition) is 1. The van der Waals surface area contributed by atoms with Gasteiger partial charge in [-0.05, 0) is 57.1 Å². The Balaban J connectivity index is 1.76. The third-order valence-corrected chi connectivity index (χ3v) is 4.53. The van der Waals surface area contributed by atoms with E-state index in [0.29, 0.717) is 0 Å². The first kappa shape index (κ1) is 15.3. The van der Waals surface area contributed by atoms with Crippen LogP contribution in [-0.4, -0.2) is 49.2 Å². The molecule has 1 aromatic carbocycles. The standard InChI is InChI=1S/C18H26N4/c1-14-4-5-17-16(12-14)15(2)13-18(20-17)22-10-8-21(9-11-22)7-3-6-19/h4-5,12-13H,3,6-11,19H2,1-2H3. The molecule has 0 saturated carbocycles. The summed E-state index contributed by atoms with van der Waals surface area (Å²) in [5, 5.41) is 1.27. The number of piperazine rings is 1. The Labute approximate surface area is 132 Å². The highest BCUT2D eigenvalue weighted by molar-refractivity contribution is 5.84. The molecule has 0 radical (unpaired) electrons. The Morgan fingerprint density at radius 2 is 1.86 bits per heavy atom. The molecule has 1 fully saturated rings. The van der Waals surface area contributed by atoms with E-state index in [2.05, 4.69) is 47.9 Å². The second-order valence-corrected chi connectivity index (χ2v) is 6.29. The van der Waals surface area contributed by atoms with Gasteiger partial charge in [0.1, 0.15) is 5.82 Å². The number of nitrogens with two attached hydrogens (primary N) is 1. The topological polar surface area (TPSA) is 45.4 Å². The number of nitrogens with zero attached hydrogens (tertiary/aromatic N) is 3. The molecule has 1 saturated heterocycles. The largest absolute Gasteiger partial charge is 0.354 e. The summed E-state index contributed by atoms with van der Waals surface area (Å²) >= 11 is 0. The minimum absolute atomic E-state index is 0.783. The van der Waals surface area contributed by atoms with E-state index in [1.807, 2.05) is 0 Å². The molecule has 3 rings (SSSR count). The summed E-state index contributed by atoms with van der Waals surface area (Å²) in [6.45, 7) is 10.5. The van der Waals surface area contributed by atoms with Crippen LogP contribution in [0.4, 0.5) is 5.82 Å². The van der Waals surface area contributed by atoms with E-state index in [1.165, 1.54) is 16.5 Å². The van der Waals surface area contributed by atoms with Crippen molar-refractivity contribution < 1.29 is 0 Å². The Morgan fingerprint density at radius 1 is 1.09 bits per heavy atom. The molecule has 1 aliphatic rings. The van der Waals surface area contributed by atoms with E-state index in [9.17, 15) is 0 Å². The van der Waals surface area contributed by atoms with E-state index in [0.717, 1.165) is 57.0 Å². The van der Waals surface area contributed by atoms with Crippen molar-refractivity contribution in [3.8, 4) is 0 Å². The fraction of sp³-hybridized carbons (Fsp3) is 0.500. The number of hydrogen-bond acceptors (Lipinski definition) is 4. The zero-order valence-electron chi connectivity index (χ0n) is 13.7. The van der Waals surface area contributed by atoms with Crippen molar-refractivity contribution in [1.29, 1.82) is 0 Å². The minimum atomic E-state index is 0.783. The smallest absolute Gasteiger partial charge is 0.129 e. The van der Waals surface area contributed by atoms with Gasteiger partial charge >= 0.3 is 0 Å². The number of benzene rings is 1. The maximum Gasteiger partial charge on any atom is 0.129 e. The van der Waals surface area contributed by atoms with Crippen molar-refractivity contribution in [2.75, 3.05) is 44.2 Å². The summed E-state index contributed by atoms with van der Waals surface area (Å²) in [6.07, 6.45) is 1.09. The fourth-order valence-corrected chi connectivity index (χ4v) is 3.17. The highest BCUT2D eigenvalue weighted by Crippen LogP contribution is 2.24. The summed E-state index contributed by atoms with van der Waals surface area (Å²) in [7, 11) is 0. The van der Waals surface area contributed by atoms with Crippen LogP contribution in [-0.2, 0) is 0 Å². The summed E-state index contributed by atoms with van der Waals surface area (Å²) < 4.78 is 0. The molecule has 118 valence electrons. The van der Waals surface area contributed by atoms with E-state index in [-0.39, 0.29) is 0 Å². The van der Waals surface area contributed by atoms with E-state index in [1.54, 1.807) is 0 Å². The number of aryl methyl sites for hydroxylation is 2. The minimum Gasteiger partial charge on any atom is -0.354 e. The Morgan fingerprint density at radius 3 is 2.59 bits per heavy atom. The number of aromatic nitrogens is 1. The van der Waals surface area contributed by atoms with Crippen LogP contribution in [0.2, 0.25) is 0 Å². The average Bonchev–Trinajstić information content (AvgIpc) is 2.54. The maximum atomic E-state index is 5.60. The lowest BCUT2D eigenvalue weighted by Gasteiger charge is -2.35. The van der Waals surface area contributed by atoms with Gasteiger partial charge in [0.25, 0.3) is 0 Å². The highest BCUT2D eigenvalue weighted by Gasteiger charge is 2.18. The summed E-state index contributed by atoms with van der Waals surface area (Å²) in [6, 6.07) is 8.74. The molecule has 0 amide bonds. The van der Waals surface area contributed by atoms with Crippen molar-refractivity contribution in [3.63, 3.8) is 0 Å². The predicted octanol–water partition coefficient (Wildman–Crippen LogP) is 2.32. The van der Waals surface area contributed by atoms with Gasteiger partial charge in [-0.3, -0.25) is 4.90 Å². The lowest BCUT2D eigenvalue weighted by Crippen LogP contribution is -2.47. The van der Waals surface area contributed by atoms with Crippen LogP contribution in [0.3, 0.4) is 0 Å². The SMILES string of the molecule is Cc1ccc2nc(N3CCN(CCCN)CC3)cc(C)c2c1. The summed E-state index contributed by atoms with van der Waals surface area (Å²) in [4.78, 5) is 9.78. The maximum absolute atomic E-state index is 5.60. The summed E-state index contributed by atoms with van der Waals surface area (Å²) in [5.41, 5.74) is 9.30. The molecule has 4 heteroatoms. The molecule has 0 aliphatic carbocycles. The van der Waals surface area contributed by atoms with Gasteiger partial charge in [0.05, 0.1) is 5.52 Å². The number of anilines is 1. The molecule has 2 N–H and O–H groups in total. The molecule has 0 spiro atoms. The van der Waals surface area contributed by atoms with Gasteiger partial charge in [-0.15, -0.1) is 0 Å². The zero-order valence-corrected chi connectivity index (χ0v) is 13.7. The van der Waals surface area contributed by atoms with Crippen molar-refractivity contribution >= 4 is 16.7 Å². The van der Waals surface area contributed by atoms with Crippen LogP contribution in [0.5, 0.6) is 0 Å². The first-order valence-corrected chi connectivity index (χ1v) is 8.23. The number of fused-ring (bicyclic) bond motifs is 1. The van der Waals surface area contributed by atoms with Crippen LogP contribution < -0.4 is 10.6 Å². The zero-order chi connectivity index (χ0) is 15.5. The monoisotopic (exact) mass is 298 g/mol. The van der Waals surface area contributed by atoms with Crippen LogP contribution in [0, 0.1) is 13.8 Å². The van der Waals surface area contributed by atoms with E-state index < -0.39 is 0 Å². The Bertz CT molecular complexity index is 645. The van der Waals surface area contributed by atoms with Gasteiger partial charge in [-0.1, -0.05) is 11.6 Å². The molecular formula is C18H26N4. The Hall–Kier alpha value is -1.65. The van der Waals surface area contributed by atoms with Gasteiger partial charge < -0.3 is 10.6 Å². The quantitative estimate of drug-likeness (QED) is 0.941. The van der Waals surface area contributed by atoms with Gasteiger partial charge in [0.15, 0.2) is 0 Å². The fourth-order valence-electron chi connectivity index (χ4n) is 3.17. The number of pyridine rings is 1. The molecular weight excluding hydrogens is 272 g/mol. The van der Waals surface area contributed by atoms with Crippen molar-refractivity contribution in [1.82, 2.24) is 9.88 Å². The number of rotatable bonds is 4. The van der Waals surface area contributed by atoms with E-state index in [4.69, 9.17) is 10.7 Å². The second-order valence-electron chi connectivity index (χ2n) is 6.29. The predicted molar refractivity (Wildman–Crippen MR) is 93.5 cm³/mol. The van der Waals surface area contributed by atoms with Gasteiger partial charge in [0.2, 0.25) is 0 Å². The van der Waals surface area contributed by atoms with Crippen LogP contribution >= 0.6 is 0 Å². The van der Waals surface area contributed by atoms with Crippen molar-refractivity contribution in [2.45, 2.75) is 20.3 Å². The van der Waals surface area contributed by atoms with Crippen LogP contribution in [0.15, 0.2) is 24.3 Å². The molecule has 22 heavy (non-hydrogen) atoms. The first-order valence-electron chi connectivity index (χ1n) is 8.23. The van der Waals surface area contributed by atoms with Crippen LogP contribution in [0.1, 0.15) is 17.5 Å². The molecule has 1 aliphatic heterocycles. The molecule has 2 aromatic rings. The van der Waals surface area contributed by atoms with Crippen molar-refractivity contribution in [2.24, 2.45) is 5.73 Å². The molecule has 0 atom stereocenters. The first-order chi connectivity index (χ1) is 10.7. The van der Waals surface area contributed by atoms with Gasteiger partial charge in [-0.25, -0.2) is 4.98 Å². The van der Waals surface area contributed by atoms with Gasteiger partial charge in [-0.2, -0.15) is 0 Å². The third-order valence-electron chi connectivity index (χ3n) is 4.53.